The molecular formula is C14H12O4. The quantitative estimate of drug-likeness (QED) is 0.779. The molecule has 2 heterocycles. The zero-order valence-corrected chi connectivity index (χ0v) is 9.84. The molecule has 0 unspecified atom stereocenters. The lowest BCUT2D eigenvalue weighted by atomic mass is 10.00. The molecule has 0 bridgehead atoms. The Bertz CT molecular complexity index is 698. The van der Waals surface area contributed by atoms with Gasteiger partial charge in [0.05, 0.1) is 12.2 Å². The van der Waals surface area contributed by atoms with Gasteiger partial charge in [0.2, 0.25) is 0 Å². The molecule has 0 amide bonds. The highest BCUT2D eigenvalue weighted by atomic mass is 16.5. The van der Waals surface area contributed by atoms with E-state index in [1.165, 1.54) is 6.07 Å². The molecule has 1 aromatic carbocycles. The SMILES string of the molecule is C[C@@]1(CO)C=Cc2c(ccc3ccc(=O)oc23)O1. The Morgan fingerprint density at radius 3 is 2.83 bits per heavy atom. The standard InChI is InChI=1S/C14H12O4/c1-14(8-15)7-6-10-11(18-14)4-2-9-3-5-12(16)17-13(9)10/h2-7,15H,8H2,1H3/t14-/m0/s1. The van der Waals surface area contributed by atoms with Crippen LogP contribution < -0.4 is 10.4 Å². The lowest BCUT2D eigenvalue weighted by molar-refractivity contribution is 0.0641. The summed E-state index contributed by atoms with van der Waals surface area (Å²) in [6, 6.07) is 6.75. The van der Waals surface area contributed by atoms with E-state index in [0.29, 0.717) is 11.3 Å². The Hall–Kier alpha value is -2.07. The van der Waals surface area contributed by atoms with Gasteiger partial charge in [-0.2, -0.15) is 0 Å². The van der Waals surface area contributed by atoms with Gasteiger partial charge in [0.15, 0.2) is 0 Å². The third kappa shape index (κ3) is 1.62. The summed E-state index contributed by atoms with van der Waals surface area (Å²) in [5, 5.41) is 10.1. The molecular weight excluding hydrogens is 232 g/mol. The number of hydrogen-bond donors (Lipinski definition) is 1. The van der Waals surface area contributed by atoms with Crippen LogP contribution in [0.2, 0.25) is 0 Å². The van der Waals surface area contributed by atoms with Gasteiger partial charge in [-0.15, -0.1) is 0 Å². The predicted octanol–water partition coefficient (Wildman–Crippen LogP) is 1.95. The third-order valence-corrected chi connectivity index (χ3v) is 3.05. The van der Waals surface area contributed by atoms with Gasteiger partial charge in [0.25, 0.3) is 0 Å². The van der Waals surface area contributed by atoms with Crippen molar-refractivity contribution < 1.29 is 14.3 Å². The van der Waals surface area contributed by atoms with E-state index in [1.807, 2.05) is 18.2 Å². The highest BCUT2D eigenvalue weighted by molar-refractivity contribution is 5.89. The van der Waals surface area contributed by atoms with Crippen LogP contribution in [-0.4, -0.2) is 17.3 Å². The molecule has 1 aliphatic heterocycles. The first kappa shape index (κ1) is 11.0. The first-order valence-electron chi connectivity index (χ1n) is 5.67. The van der Waals surface area contributed by atoms with Crippen LogP contribution in [0.5, 0.6) is 5.75 Å². The molecule has 0 fully saturated rings. The van der Waals surface area contributed by atoms with Crippen molar-refractivity contribution in [1.82, 2.24) is 0 Å². The lowest BCUT2D eigenvalue weighted by Gasteiger charge is -2.29. The molecule has 0 aliphatic carbocycles. The second kappa shape index (κ2) is 3.71. The number of benzene rings is 1. The molecule has 18 heavy (non-hydrogen) atoms. The summed E-state index contributed by atoms with van der Waals surface area (Å²) in [7, 11) is 0. The van der Waals surface area contributed by atoms with Gasteiger partial charge in [0, 0.05) is 11.5 Å². The van der Waals surface area contributed by atoms with Crippen molar-refractivity contribution in [3.63, 3.8) is 0 Å². The third-order valence-electron chi connectivity index (χ3n) is 3.05. The molecule has 0 spiro atoms. The Labute approximate surface area is 103 Å². The normalized spacial score (nSPS) is 21.7. The first-order valence-corrected chi connectivity index (χ1v) is 5.67. The maximum atomic E-state index is 11.3. The smallest absolute Gasteiger partial charge is 0.336 e. The Kier molecular flexibility index (Phi) is 2.28. The monoisotopic (exact) mass is 244 g/mol. The van der Waals surface area contributed by atoms with E-state index >= 15 is 0 Å². The zero-order valence-electron chi connectivity index (χ0n) is 9.84. The summed E-state index contributed by atoms with van der Waals surface area (Å²) >= 11 is 0. The molecule has 3 rings (SSSR count). The molecule has 1 aliphatic rings. The Balaban J connectivity index is 2.26. The van der Waals surface area contributed by atoms with Crippen molar-refractivity contribution in [3.05, 3.63) is 46.3 Å². The van der Waals surface area contributed by atoms with Gasteiger partial charge in [-0.05, 0) is 37.3 Å². The van der Waals surface area contributed by atoms with Gasteiger partial charge in [0.1, 0.15) is 16.9 Å². The van der Waals surface area contributed by atoms with Crippen molar-refractivity contribution in [1.29, 1.82) is 0 Å². The minimum absolute atomic E-state index is 0.111. The highest BCUT2D eigenvalue weighted by Crippen LogP contribution is 2.35. The van der Waals surface area contributed by atoms with E-state index in [4.69, 9.17) is 9.15 Å². The second-order valence-corrected chi connectivity index (χ2v) is 4.56. The van der Waals surface area contributed by atoms with E-state index in [-0.39, 0.29) is 12.2 Å². The Morgan fingerprint density at radius 2 is 2.06 bits per heavy atom. The van der Waals surface area contributed by atoms with Crippen molar-refractivity contribution >= 4 is 17.0 Å². The molecule has 0 saturated carbocycles. The van der Waals surface area contributed by atoms with Gasteiger partial charge in [-0.3, -0.25) is 0 Å². The largest absolute Gasteiger partial charge is 0.480 e. The fourth-order valence-corrected chi connectivity index (χ4v) is 2.01. The summed E-state index contributed by atoms with van der Waals surface area (Å²) in [6.45, 7) is 1.68. The number of aliphatic hydroxyl groups is 1. The van der Waals surface area contributed by atoms with Crippen LogP contribution in [0, 0.1) is 0 Å². The average molecular weight is 244 g/mol. The van der Waals surface area contributed by atoms with Crippen molar-refractivity contribution in [2.75, 3.05) is 6.61 Å². The number of ether oxygens (including phenoxy) is 1. The van der Waals surface area contributed by atoms with E-state index in [0.717, 1.165) is 10.9 Å². The van der Waals surface area contributed by atoms with Crippen molar-refractivity contribution in [3.8, 4) is 5.75 Å². The summed E-state index contributed by atoms with van der Waals surface area (Å²) < 4.78 is 10.9. The van der Waals surface area contributed by atoms with Gasteiger partial charge < -0.3 is 14.3 Å². The lowest BCUT2D eigenvalue weighted by Crippen LogP contribution is -2.35. The van der Waals surface area contributed by atoms with Crippen LogP contribution in [0.1, 0.15) is 12.5 Å². The van der Waals surface area contributed by atoms with Gasteiger partial charge in [-0.1, -0.05) is 0 Å². The van der Waals surface area contributed by atoms with Crippen LogP contribution in [0.25, 0.3) is 17.0 Å². The molecule has 0 saturated heterocycles. The van der Waals surface area contributed by atoms with Crippen molar-refractivity contribution in [2.24, 2.45) is 0 Å². The average Bonchev–Trinajstić information content (AvgIpc) is 2.38. The molecule has 1 N–H and O–H groups in total. The molecule has 4 heteroatoms. The number of hydrogen-bond acceptors (Lipinski definition) is 4. The van der Waals surface area contributed by atoms with Crippen LogP contribution in [-0.2, 0) is 0 Å². The fourth-order valence-electron chi connectivity index (χ4n) is 2.01. The van der Waals surface area contributed by atoms with E-state index < -0.39 is 5.60 Å². The maximum absolute atomic E-state index is 11.3. The maximum Gasteiger partial charge on any atom is 0.336 e. The molecule has 92 valence electrons. The van der Waals surface area contributed by atoms with E-state index in [2.05, 4.69) is 0 Å². The predicted molar refractivity (Wildman–Crippen MR) is 67.6 cm³/mol. The van der Waals surface area contributed by atoms with Gasteiger partial charge in [-0.25, -0.2) is 4.79 Å². The summed E-state index contributed by atoms with van der Waals surface area (Å²) in [5.74, 6) is 0.607. The summed E-state index contributed by atoms with van der Waals surface area (Å²) in [5.41, 5.74) is 0.127. The first-order chi connectivity index (χ1) is 8.61. The fraction of sp³-hybridized carbons (Fsp3) is 0.214. The number of fused-ring (bicyclic) bond motifs is 3. The van der Waals surface area contributed by atoms with Crippen LogP contribution in [0.4, 0.5) is 0 Å². The Morgan fingerprint density at radius 1 is 1.28 bits per heavy atom. The van der Waals surface area contributed by atoms with Gasteiger partial charge >= 0.3 is 5.63 Å². The molecule has 4 nitrogen and oxygen atoms in total. The van der Waals surface area contributed by atoms with Crippen LogP contribution in [0.15, 0.2) is 39.6 Å². The molecule has 1 aromatic heterocycles. The molecule has 0 radical (unpaired) electrons. The number of aliphatic hydroxyl groups excluding tert-OH is 1. The second-order valence-electron chi connectivity index (χ2n) is 4.56. The zero-order chi connectivity index (χ0) is 12.8. The number of rotatable bonds is 1. The van der Waals surface area contributed by atoms with Crippen LogP contribution in [0.3, 0.4) is 0 Å². The minimum atomic E-state index is -0.726. The van der Waals surface area contributed by atoms with E-state index in [1.54, 1.807) is 19.1 Å². The van der Waals surface area contributed by atoms with Crippen LogP contribution >= 0.6 is 0 Å². The molecule has 1 atom stereocenters. The van der Waals surface area contributed by atoms with E-state index in [9.17, 15) is 9.90 Å². The summed E-state index contributed by atoms with van der Waals surface area (Å²) in [6.07, 6.45) is 3.59. The minimum Gasteiger partial charge on any atom is -0.480 e. The van der Waals surface area contributed by atoms with Crippen molar-refractivity contribution in [2.45, 2.75) is 12.5 Å². The molecule has 2 aromatic rings. The topological polar surface area (TPSA) is 59.7 Å². The highest BCUT2D eigenvalue weighted by Gasteiger charge is 2.27. The summed E-state index contributed by atoms with van der Waals surface area (Å²) in [4.78, 5) is 11.3.